The number of hydrogen-bond donors (Lipinski definition) is 0. The zero-order valence-corrected chi connectivity index (χ0v) is 27.9. The first-order valence-corrected chi connectivity index (χ1v) is 17.8. The molecule has 0 fully saturated rings. The van der Waals surface area contributed by atoms with Crippen LogP contribution in [0.2, 0.25) is 0 Å². The van der Waals surface area contributed by atoms with Crippen molar-refractivity contribution < 1.29 is 0 Å². The average molecular weight is 655 g/mol. The van der Waals surface area contributed by atoms with Gasteiger partial charge in [-0.05, 0) is 96.4 Å². The van der Waals surface area contributed by atoms with Crippen LogP contribution in [-0.4, -0.2) is 4.98 Å². The van der Waals surface area contributed by atoms with Gasteiger partial charge in [-0.2, -0.15) is 0 Å². The maximum atomic E-state index is 5.21. The second-order valence-corrected chi connectivity index (χ2v) is 13.8. The van der Waals surface area contributed by atoms with Crippen LogP contribution in [0.1, 0.15) is 0 Å². The molecule has 0 spiro atoms. The van der Waals surface area contributed by atoms with Gasteiger partial charge in [-0.15, -0.1) is 0 Å². The predicted octanol–water partition coefficient (Wildman–Crippen LogP) is 13.7. The van der Waals surface area contributed by atoms with Crippen molar-refractivity contribution in [2.75, 3.05) is 4.90 Å². The number of benzene rings is 9. The first-order valence-electron chi connectivity index (χ1n) is 17.0. The smallest absolute Gasteiger partial charge is 0.195 e. The lowest BCUT2D eigenvalue weighted by Crippen LogP contribution is -2.09. The van der Waals surface area contributed by atoms with Crippen LogP contribution in [0, 0.1) is 0 Å². The van der Waals surface area contributed by atoms with Gasteiger partial charge in [0.2, 0.25) is 0 Å². The number of anilines is 3. The first kappa shape index (κ1) is 28.7. The average Bonchev–Trinajstić information content (AvgIpc) is 3.63. The van der Waals surface area contributed by atoms with Gasteiger partial charge < -0.3 is 0 Å². The molecular formula is C47H30N2S. The molecule has 0 N–H and O–H groups in total. The van der Waals surface area contributed by atoms with E-state index in [0.717, 1.165) is 22.0 Å². The van der Waals surface area contributed by atoms with Gasteiger partial charge >= 0.3 is 0 Å². The second-order valence-electron chi connectivity index (χ2n) is 12.8. The summed E-state index contributed by atoms with van der Waals surface area (Å²) in [6.45, 7) is 0. The van der Waals surface area contributed by atoms with E-state index in [1.165, 1.54) is 70.0 Å². The molecule has 0 aliphatic carbocycles. The molecule has 0 aliphatic rings. The van der Waals surface area contributed by atoms with Gasteiger partial charge in [0.15, 0.2) is 5.13 Å². The van der Waals surface area contributed by atoms with Crippen LogP contribution in [0.5, 0.6) is 0 Å². The van der Waals surface area contributed by atoms with E-state index in [-0.39, 0.29) is 0 Å². The van der Waals surface area contributed by atoms with Crippen molar-refractivity contribution in [2.24, 2.45) is 0 Å². The normalized spacial score (nSPS) is 11.6. The number of hydrogen-bond acceptors (Lipinski definition) is 3. The SMILES string of the molecule is c1ccc(-c2ccc(N(c3ccc(-c4ccc5c6ccccc6c6ccccc6c5c4)cc3)c3nc4ccc5ccccc5c4s3)cc2)cc1. The Balaban J connectivity index is 1.09. The van der Waals surface area contributed by atoms with Crippen LogP contribution in [-0.2, 0) is 0 Å². The molecule has 234 valence electrons. The Morgan fingerprint density at radius 1 is 0.360 bits per heavy atom. The molecular weight excluding hydrogens is 625 g/mol. The highest BCUT2D eigenvalue weighted by molar-refractivity contribution is 7.23. The summed E-state index contributed by atoms with van der Waals surface area (Å²) in [5, 5.41) is 11.1. The van der Waals surface area contributed by atoms with Crippen molar-refractivity contribution in [3.05, 3.63) is 182 Å². The molecule has 50 heavy (non-hydrogen) atoms. The third-order valence-electron chi connectivity index (χ3n) is 9.90. The highest BCUT2D eigenvalue weighted by Crippen LogP contribution is 2.43. The summed E-state index contributed by atoms with van der Waals surface area (Å²) in [6.07, 6.45) is 0. The fraction of sp³-hybridized carbons (Fsp3) is 0. The van der Waals surface area contributed by atoms with Crippen LogP contribution in [0.15, 0.2) is 182 Å². The van der Waals surface area contributed by atoms with Crippen LogP contribution in [0.4, 0.5) is 16.5 Å². The van der Waals surface area contributed by atoms with Gasteiger partial charge in [0.25, 0.3) is 0 Å². The third-order valence-corrected chi connectivity index (χ3v) is 11.0. The Kier molecular flexibility index (Phi) is 6.71. The number of fused-ring (bicyclic) bond motifs is 9. The molecule has 0 bridgehead atoms. The van der Waals surface area contributed by atoms with Crippen LogP contribution in [0.25, 0.3) is 75.6 Å². The highest BCUT2D eigenvalue weighted by atomic mass is 32.1. The minimum Gasteiger partial charge on any atom is -0.286 e. The van der Waals surface area contributed by atoms with E-state index < -0.39 is 0 Å². The second kappa shape index (κ2) is 11.7. The van der Waals surface area contributed by atoms with E-state index in [0.29, 0.717) is 0 Å². The number of rotatable bonds is 5. The van der Waals surface area contributed by atoms with Crippen molar-refractivity contribution >= 4 is 81.1 Å². The minimum atomic E-state index is 0.945. The van der Waals surface area contributed by atoms with Gasteiger partial charge in [-0.25, -0.2) is 4.98 Å². The zero-order chi connectivity index (χ0) is 33.0. The topological polar surface area (TPSA) is 16.1 Å². The molecule has 9 aromatic carbocycles. The Labute approximate surface area is 294 Å². The number of nitrogens with zero attached hydrogens (tertiary/aromatic N) is 2. The Morgan fingerprint density at radius 2 is 0.840 bits per heavy atom. The van der Waals surface area contributed by atoms with Crippen molar-refractivity contribution in [3.8, 4) is 22.3 Å². The summed E-state index contributed by atoms with van der Waals surface area (Å²) in [7, 11) is 0. The summed E-state index contributed by atoms with van der Waals surface area (Å²) in [4.78, 5) is 7.50. The maximum Gasteiger partial charge on any atom is 0.195 e. The fourth-order valence-electron chi connectivity index (χ4n) is 7.43. The molecule has 0 atom stereocenters. The van der Waals surface area contributed by atoms with Crippen LogP contribution < -0.4 is 4.90 Å². The van der Waals surface area contributed by atoms with Gasteiger partial charge in [0.1, 0.15) is 0 Å². The molecule has 0 aliphatic heterocycles. The molecule has 0 unspecified atom stereocenters. The van der Waals surface area contributed by atoms with Gasteiger partial charge in [-0.1, -0.05) is 157 Å². The third kappa shape index (κ3) is 4.74. The molecule has 3 heteroatoms. The molecule has 2 nitrogen and oxygen atoms in total. The summed E-state index contributed by atoms with van der Waals surface area (Å²) in [6, 6.07) is 65.6. The van der Waals surface area contributed by atoms with Crippen molar-refractivity contribution in [1.82, 2.24) is 4.98 Å². The summed E-state index contributed by atoms with van der Waals surface area (Å²) < 4.78 is 1.21. The Hall–Kier alpha value is -6.29. The van der Waals surface area contributed by atoms with Gasteiger partial charge in [-0.3, -0.25) is 4.90 Å². The molecule has 10 aromatic rings. The van der Waals surface area contributed by atoms with Crippen molar-refractivity contribution in [3.63, 3.8) is 0 Å². The molecule has 0 saturated carbocycles. The van der Waals surface area contributed by atoms with E-state index in [2.05, 4.69) is 187 Å². The van der Waals surface area contributed by atoms with E-state index in [4.69, 9.17) is 4.98 Å². The van der Waals surface area contributed by atoms with Gasteiger partial charge in [0.05, 0.1) is 10.2 Å². The molecule has 1 aromatic heterocycles. The van der Waals surface area contributed by atoms with Crippen molar-refractivity contribution in [2.45, 2.75) is 0 Å². The Bertz CT molecular complexity index is 2820. The summed E-state index contributed by atoms with van der Waals surface area (Å²) in [5.74, 6) is 0. The van der Waals surface area contributed by atoms with E-state index in [9.17, 15) is 0 Å². The molecule has 1 heterocycles. The first-order chi connectivity index (χ1) is 24.8. The number of aromatic nitrogens is 1. The molecule has 10 rings (SSSR count). The maximum absolute atomic E-state index is 5.21. The fourth-order valence-corrected chi connectivity index (χ4v) is 8.58. The number of thiazole rings is 1. The van der Waals surface area contributed by atoms with E-state index in [1.807, 2.05) is 0 Å². The largest absolute Gasteiger partial charge is 0.286 e. The van der Waals surface area contributed by atoms with Crippen molar-refractivity contribution in [1.29, 1.82) is 0 Å². The molecule has 0 saturated heterocycles. The van der Waals surface area contributed by atoms with Gasteiger partial charge in [0, 0.05) is 16.8 Å². The summed E-state index contributed by atoms with van der Waals surface area (Å²) in [5.41, 5.74) is 7.94. The summed E-state index contributed by atoms with van der Waals surface area (Å²) >= 11 is 1.74. The lowest BCUT2D eigenvalue weighted by atomic mass is 9.92. The highest BCUT2D eigenvalue weighted by Gasteiger charge is 2.19. The lowest BCUT2D eigenvalue weighted by molar-refractivity contribution is 1.25. The Morgan fingerprint density at radius 3 is 1.48 bits per heavy atom. The lowest BCUT2D eigenvalue weighted by Gasteiger charge is -2.23. The van der Waals surface area contributed by atoms with Crippen LogP contribution >= 0.6 is 11.3 Å². The zero-order valence-electron chi connectivity index (χ0n) is 27.1. The minimum absolute atomic E-state index is 0.945. The van der Waals surface area contributed by atoms with E-state index in [1.54, 1.807) is 11.3 Å². The van der Waals surface area contributed by atoms with Crippen LogP contribution in [0.3, 0.4) is 0 Å². The predicted molar refractivity (Wildman–Crippen MR) is 215 cm³/mol. The standard InChI is InChI=1S/C47H30N2S/c1-2-10-31(11-3-1)32-18-24-36(25-19-32)49(47-48-45-29-23-34-12-4-5-13-38(34)46(45)50-47)37-26-20-33(21-27-37)35-22-28-43-41-16-7-6-14-39(41)40-15-8-9-17-42(40)44(43)30-35/h1-30H. The molecule has 0 radical (unpaired) electrons. The monoisotopic (exact) mass is 654 g/mol. The van der Waals surface area contributed by atoms with E-state index >= 15 is 0 Å². The molecule has 0 amide bonds. The quantitative estimate of drug-likeness (QED) is 0.172.